The minimum Gasteiger partial charge on any atom is -0.490 e. The van der Waals surface area contributed by atoms with Gasteiger partial charge in [0, 0.05) is 19.0 Å². The van der Waals surface area contributed by atoms with Crippen LogP contribution in [-0.4, -0.2) is 26.3 Å². The van der Waals surface area contributed by atoms with Crippen LogP contribution in [0.15, 0.2) is 24.3 Å². The van der Waals surface area contributed by atoms with Gasteiger partial charge in [-0.2, -0.15) is 0 Å². The molecule has 1 fully saturated rings. The molecule has 0 bridgehead atoms. The predicted molar refractivity (Wildman–Crippen MR) is 59.5 cm³/mol. The summed E-state index contributed by atoms with van der Waals surface area (Å²) < 4.78 is 11.2. The zero-order chi connectivity index (χ0) is 10.5. The molecule has 0 unspecified atom stereocenters. The summed E-state index contributed by atoms with van der Waals surface area (Å²) >= 11 is 0. The van der Waals surface area contributed by atoms with E-state index < -0.39 is 0 Å². The van der Waals surface area contributed by atoms with E-state index in [1.165, 1.54) is 0 Å². The molecular formula is C12H17NO2. The van der Waals surface area contributed by atoms with Crippen molar-refractivity contribution in [3.05, 3.63) is 24.3 Å². The van der Waals surface area contributed by atoms with Crippen molar-refractivity contribution >= 4 is 0 Å². The van der Waals surface area contributed by atoms with E-state index in [1.807, 2.05) is 31.2 Å². The monoisotopic (exact) mass is 207 g/mol. The molecule has 1 heterocycles. The smallest absolute Gasteiger partial charge is 0.161 e. The fourth-order valence-electron chi connectivity index (χ4n) is 1.52. The average molecular weight is 207 g/mol. The molecule has 0 atom stereocenters. The quantitative estimate of drug-likeness (QED) is 0.797. The fraction of sp³-hybridized carbons (Fsp3) is 0.500. The van der Waals surface area contributed by atoms with Crippen molar-refractivity contribution in [1.82, 2.24) is 5.32 Å². The van der Waals surface area contributed by atoms with Crippen molar-refractivity contribution in [2.45, 2.75) is 6.92 Å². The summed E-state index contributed by atoms with van der Waals surface area (Å²) in [7, 11) is 0. The van der Waals surface area contributed by atoms with E-state index in [4.69, 9.17) is 9.47 Å². The molecule has 2 rings (SSSR count). The van der Waals surface area contributed by atoms with Crippen molar-refractivity contribution in [3.63, 3.8) is 0 Å². The summed E-state index contributed by atoms with van der Waals surface area (Å²) in [5, 5.41) is 3.23. The van der Waals surface area contributed by atoms with E-state index in [0.717, 1.165) is 31.2 Å². The van der Waals surface area contributed by atoms with Crippen molar-refractivity contribution < 1.29 is 9.47 Å². The van der Waals surface area contributed by atoms with E-state index in [0.29, 0.717) is 12.5 Å². The molecule has 0 radical (unpaired) electrons. The van der Waals surface area contributed by atoms with Crippen LogP contribution in [0, 0.1) is 5.92 Å². The zero-order valence-corrected chi connectivity index (χ0v) is 9.03. The van der Waals surface area contributed by atoms with Crippen LogP contribution >= 0.6 is 0 Å². The van der Waals surface area contributed by atoms with Crippen LogP contribution in [0.4, 0.5) is 0 Å². The summed E-state index contributed by atoms with van der Waals surface area (Å²) in [4.78, 5) is 0. The van der Waals surface area contributed by atoms with Crippen LogP contribution in [0.25, 0.3) is 0 Å². The highest BCUT2D eigenvalue weighted by Gasteiger charge is 2.17. The zero-order valence-electron chi connectivity index (χ0n) is 9.03. The standard InChI is InChI=1S/C12H17NO2/c1-2-14-11-5-3-4-6-12(11)15-9-10-7-13-8-10/h3-6,10,13H,2,7-9H2,1H3. The first kappa shape index (κ1) is 10.3. The lowest BCUT2D eigenvalue weighted by Crippen LogP contribution is -2.45. The Hall–Kier alpha value is -1.22. The molecule has 3 nitrogen and oxygen atoms in total. The molecule has 0 amide bonds. The van der Waals surface area contributed by atoms with Gasteiger partial charge < -0.3 is 14.8 Å². The Labute approximate surface area is 90.4 Å². The highest BCUT2D eigenvalue weighted by atomic mass is 16.5. The van der Waals surface area contributed by atoms with Gasteiger partial charge >= 0.3 is 0 Å². The molecule has 3 heteroatoms. The normalized spacial score (nSPS) is 15.8. The van der Waals surface area contributed by atoms with Gasteiger partial charge in [-0.1, -0.05) is 12.1 Å². The third kappa shape index (κ3) is 2.63. The second-order valence-corrected chi connectivity index (χ2v) is 3.72. The lowest BCUT2D eigenvalue weighted by Gasteiger charge is -2.27. The maximum absolute atomic E-state index is 5.73. The Morgan fingerprint density at radius 1 is 1.20 bits per heavy atom. The topological polar surface area (TPSA) is 30.5 Å². The summed E-state index contributed by atoms with van der Waals surface area (Å²) in [6.07, 6.45) is 0. The maximum atomic E-state index is 5.73. The number of benzene rings is 1. The van der Waals surface area contributed by atoms with Gasteiger partial charge in [-0.15, -0.1) is 0 Å². The van der Waals surface area contributed by atoms with Crippen molar-refractivity contribution in [3.8, 4) is 11.5 Å². The number of hydrogen-bond donors (Lipinski definition) is 1. The molecule has 1 aromatic rings. The first-order chi connectivity index (χ1) is 7.40. The van der Waals surface area contributed by atoms with Crippen LogP contribution in [-0.2, 0) is 0 Å². The lowest BCUT2D eigenvalue weighted by molar-refractivity contribution is 0.191. The summed E-state index contributed by atoms with van der Waals surface area (Å²) in [5.74, 6) is 2.35. The molecule has 0 saturated carbocycles. The minimum absolute atomic E-state index is 0.652. The Morgan fingerprint density at radius 3 is 2.40 bits per heavy atom. The SMILES string of the molecule is CCOc1ccccc1OCC1CNC1. The summed E-state index contributed by atoms with van der Waals surface area (Å²) in [5.41, 5.74) is 0. The fourth-order valence-corrected chi connectivity index (χ4v) is 1.52. The van der Waals surface area contributed by atoms with Crippen LogP contribution in [0.3, 0.4) is 0 Å². The third-order valence-corrected chi connectivity index (χ3v) is 2.49. The molecule has 0 spiro atoms. The molecule has 1 aromatic carbocycles. The Morgan fingerprint density at radius 2 is 1.87 bits per heavy atom. The van der Waals surface area contributed by atoms with Gasteiger partial charge in [-0.3, -0.25) is 0 Å². The summed E-state index contributed by atoms with van der Waals surface area (Å²) in [6.45, 7) is 5.56. The Kier molecular flexibility index (Phi) is 3.45. The van der Waals surface area contributed by atoms with Crippen molar-refractivity contribution in [2.75, 3.05) is 26.3 Å². The van der Waals surface area contributed by atoms with E-state index in [2.05, 4.69) is 5.32 Å². The molecule has 1 aliphatic rings. The van der Waals surface area contributed by atoms with Crippen LogP contribution in [0.1, 0.15) is 6.92 Å². The van der Waals surface area contributed by atoms with Gasteiger partial charge in [0.1, 0.15) is 0 Å². The molecule has 82 valence electrons. The van der Waals surface area contributed by atoms with Gasteiger partial charge in [0.2, 0.25) is 0 Å². The molecule has 1 saturated heterocycles. The second kappa shape index (κ2) is 5.03. The van der Waals surface area contributed by atoms with E-state index in [9.17, 15) is 0 Å². The molecule has 1 aliphatic heterocycles. The highest BCUT2D eigenvalue weighted by Crippen LogP contribution is 2.26. The van der Waals surface area contributed by atoms with Gasteiger partial charge in [0.25, 0.3) is 0 Å². The highest BCUT2D eigenvalue weighted by molar-refractivity contribution is 5.39. The van der Waals surface area contributed by atoms with E-state index in [1.54, 1.807) is 0 Å². The predicted octanol–water partition coefficient (Wildman–Crippen LogP) is 1.68. The van der Waals surface area contributed by atoms with Gasteiger partial charge in [-0.05, 0) is 19.1 Å². The molecule has 0 aromatic heterocycles. The first-order valence-electron chi connectivity index (χ1n) is 5.45. The van der Waals surface area contributed by atoms with Crippen molar-refractivity contribution in [2.24, 2.45) is 5.92 Å². The largest absolute Gasteiger partial charge is 0.490 e. The van der Waals surface area contributed by atoms with Crippen LogP contribution < -0.4 is 14.8 Å². The maximum Gasteiger partial charge on any atom is 0.161 e. The van der Waals surface area contributed by atoms with Crippen LogP contribution in [0.2, 0.25) is 0 Å². The summed E-state index contributed by atoms with van der Waals surface area (Å²) in [6, 6.07) is 7.83. The molecule has 1 N–H and O–H groups in total. The number of hydrogen-bond acceptors (Lipinski definition) is 3. The third-order valence-electron chi connectivity index (χ3n) is 2.49. The van der Waals surface area contributed by atoms with E-state index in [-0.39, 0.29) is 0 Å². The van der Waals surface area contributed by atoms with Crippen LogP contribution in [0.5, 0.6) is 11.5 Å². The molecule has 0 aliphatic carbocycles. The number of rotatable bonds is 5. The molecule has 15 heavy (non-hydrogen) atoms. The van der Waals surface area contributed by atoms with Gasteiger partial charge in [-0.25, -0.2) is 0 Å². The Balaban J connectivity index is 1.92. The van der Waals surface area contributed by atoms with Gasteiger partial charge in [0.15, 0.2) is 11.5 Å². The number of para-hydroxylation sites is 2. The average Bonchev–Trinajstić information content (AvgIpc) is 2.18. The lowest BCUT2D eigenvalue weighted by atomic mass is 10.1. The number of ether oxygens (including phenoxy) is 2. The first-order valence-corrected chi connectivity index (χ1v) is 5.45. The minimum atomic E-state index is 0.652. The van der Waals surface area contributed by atoms with Crippen molar-refractivity contribution in [1.29, 1.82) is 0 Å². The second-order valence-electron chi connectivity index (χ2n) is 3.72. The number of nitrogens with one attached hydrogen (secondary N) is 1. The Bertz CT molecular complexity index is 310. The van der Waals surface area contributed by atoms with Gasteiger partial charge in [0.05, 0.1) is 13.2 Å². The van der Waals surface area contributed by atoms with E-state index >= 15 is 0 Å². The molecular weight excluding hydrogens is 190 g/mol.